The zero-order valence-electron chi connectivity index (χ0n) is 17.6. The van der Waals surface area contributed by atoms with E-state index in [9.17, 15) is 14.7 Å². The maximum Gasteiger partial charge on any atom is 0.337 e. The van der Waals surface area contributed by atoms with Crippen LogP contribution >= 0.6 is 0 Å². The summed E-state index contributed by atoms with van der Waals surface area (Å²) in [5.41, 5.74) is 3.15. The van der Waals surface area contributed by atoms with Crippen molar-refractivity contribution in [2.45, 2.75) is 0 Å². The van der Waals surface area contributed by atoms with Gasteiger partial charge >= 0.3 is 5.97 Å². The standard InChI is InChI=1S/C23H20N4O5/c1-26-13-19(18(10-22(26)28)14-6-7-24-21(8-14)32-3)15-11-25-27(12-15)20-9-16(31-2)4-5-17(20)23(29)30/h4-13H,1-3H3,(H,29,30). The van der Waals surface area contributed by atoms with E-state index in [0.717, 1.165) is 11.1 Å². The number of pyridine rings is 2. The number of hydrogen-bond acceptors (Lipinski definition) is 6. The van der Waals surface area contributed by atoms with E-state index >= 15 is 0 Å². The Kier molecular flexibility index (Phi) is 5.46. The molecule has 0 saturated carbocycles. The normalized spacial score (nSPS) is 10.7. The molecule has 0 aliphatic carbocycles. The first-order valence-electron chi connectivity index (χ1n) is 9.59. The fraction of sp³-hybridized carbons (Fsp3) is 0.130. The van der Waals surface area contributed by atoms with Crippen molar-refractivity contribution in [3.8, 4) is 39.6 Å². The van der Waals surface area contributed by atoms with Gasteiger partial charge in [0.2, 0.25) is 5.88 Å². The molecular formula is C23H20N4O5. The van der Waals surface area contributed by atoms with Crippen molar-refractivity contribution in [2.75, 3.05) is 14.2 Å². The third-order valence-corrected chi connectivity index (χ3v) is 5.06. The van der Waals surface area contributed by atoms with Crippen LogP contribution in [0.15, 0.2) is 66.0 Å². The maximum atomic E-state index is 12.4. The number of carboxylic acids is 1. The number of carboxylic acid groups (broad SMARTS) is 1. The Labute approximate surface area is 183 Å². The van der Waals surface area contributed by atoms with Gasteiger partial charge in [-0.05, 0) is 29.3 Å². The molecule has 0 atom stereocenters. The number of carbonyl (C=O) groups is 1. The molecule has 0 spiro atoms. The SMILES string of the molecule is COc1ccc(C(=O)O)c(-n2cc(-c3cn(C)c(=O)cc3-c3ccnc(OC)c3)cn2)c1. The molecular weight excluding hydrogens is 412 g/mol. The van der Waals surface area contributed by atoms with Gasteiger partial charge < -0.3 is 19.1 Å². The second-order valence-electron chi connectivity index (χ2n) is 7.00. The predicted octanol–water partition coefficient (Wildman–Crippen LogP) is 3.02. The summed E-state index contributed by atoms with van der Waals surface area (Å²) in [6, 6.07) is 9.73. The summed E-state index contributed by atoms with van der Waals surface area (Å²) in [5.74, 6) is -0.146. The Hall–Kier alpha value is -4.40. The van der Waals surface area contributed by atoms with Crippen molar-refractivity contribution in [3.05, 3.63) is 77.1 Å². The Morgan fingerprint density at radius 1 is 1.00 bits per heavy atom. The third kappa shape index (κ3) is 3.83. The second-order valence-corrected chi connectivity index (χ2v) is 7.00. The first kappa shape index (κ1) is 20.9. The molecule has 3 heterocycles. The number of aromatic carboxylic acids is 1. The first-order chi connectivity index (χ1) is 15.4. The van der Waals surface area contributed by atoms with Crippen LogP contribution < -0.4 is 15.0 Å². The molecule has 0 radical (unpaired) electrons. The minimum Gasteiger partial charge on any atom is -0.497 e. The molecule has 9 nitrogen and oxygen atoms in total. The topological polar surface area (TPSA) is 108 Å². The minimum absolute atomic E-state index is 0.0833. The van der Waals surface area contributed by atoms with Crippen LogP contribution in [0.5, 0.6) is 11.6 Å². The van der Waals surface area contributed by atoms with E-state index in [1.54, 1.807) is 56.1 Å². The highest BCUT2D eigenvalue weighted by molar-refractivity contribution is 5.92. The van der Waals surface area contributed by atoms with Crippen LogP contribution in [0.25, 0.3) is 27.9 Å². The molecule has 32 heavy (non-hydrogen) atoms. The largest absolute Gasteiger partial charge is 0.497 e. The smallest absolute Gasteiger partial charge is 0.337 e. The van der Waals surface area contributed by atoms with Crippen LogP contribution in [-0.2, 0) is 7.05 Å². The van der Waals surface area contributed by atoms with Crippen LogP contribution in [-0.4, -0.2) is 44.6 Å². The second kappa shape index (κ2) is 8.38. The number of aryl methyl sites for hydroxylation is 1. The van der Waals surface area contributed by atoms with Gasteiger partial charge in [0.15, 0.2) is 0 Å². The van der Waals surface area contributed by atoms with E-state index in [1.165, 1.54) is 35.6 Å². The number of ether oxygens (including phenoxy) is 2. The molecule has 0 bridgehead atoms. The highest BCUT2D eigenvalue weighted by Crippen LogP contribution is 2.32. The summed E-state index contributed by atoms with van der Waals surface area (Å²) in [6.45, 7) is 0. The number of methoxy groups -OCH3 is 2. The Balaban J connectivity index is 1.88. The molecule has 0 aliphatic rings. The molecule has 9 heteroatoms. The fourth-order valence-electron chi connectivity index (χ4n) is 3.39. The molecule has 3 aromatic heterocycles. The summed E-state index contributed by atoms with van der Waals surface area (Å²) in [6.07, 6.45) is 6.65. The molecule has 0 amide bonds. The average Bonchev–Trinajstić information content (AvgIpc) is 3.30. The number of aromatic nitrogens is 4. The van der Waals surface area contributed by atoms with E-state index in [4.69, 9.17) is 9.47 Å². The lowest BCUT2D eigenvalue weighted by atomic mass is 9.99. The van der Waals surface area contributed by atoms with Crippen LogP contribution in [0.2, 0.25) is 0 Å². The van der Waals surface area contributed by atoms with E-state index in [2.05, 4.69) is 10.1 Å². The molecule has 0 fully saturated rings. The highest BCUT2D eigenvalue weighted by atomic mass is 16.5. The Bertz CT molecular complexity index is 1370. The van der Waals surface area contributed by atoms with Gasteiger partial charge in [0.1, 0.15) is 5.75 Å². The van der Waals surface area contributed by atoms with Crippen LogP contribution in [0.3, 0.4) is 0 Å². The number of nitrogens with zero attached hydrogens (tertiary/aromatic N) is 4. The van der Waals surface area contributed by atoms with Gasteiger partial charge in [0.05, 0.1) is 31.7 Å². The van der Waals surface area contributed by atoms with Crippen molar-refractivity contribution < 1.29 is 19.4 Å². The van der Waals surface area contributed by atoms with E-state index in [-0.39, 0.29) is 11.1 Å². The summed E-state index contributed by atoms with van der Waals surface area (Å²) in [5, 5.41) is 14.0. The van der Waals surface area contributed by atoms with Gasteiger partial charge in [-0.1, -0.05) is 0 Å². The van der Waals surface area contributed by atoms with Gasteiger partial charge in [0.25, 0.3) is 5.56 Å². The third-order valence-electron chi connectivity index (χ3n) is 5.06. The molecule has 1 N–H and O–H groups in total. The van der Waals surface area contributed by atoms with Crippen molar-refractivity contribution in [1.82, 2.24) is 19.3 Å². The molecule has 0 saturated heterocycles. The zero-order chi connectivity index (χ0) is 22.8. The van der Waals surface area contributed by atoms with Gasteiger partial charge in [-0.3, -0.25) is 4.79 Å². The van der Waals surface area contributed by atoms with Gasteiger partial charge in [-0.2, -0.15) is 5.10 Å². The number of benzene rings is 1. The quantitative estimate of drug-likeness (QED) is 0.499. The van der Waals surface area contributed by atoms with Crippen molar-refractivity contribution >= 4 is 5.97 Å². The van der Waals surface area contributed by atoms with Crippen molar-refractivity contribution in [3.63, 3.8) is 0 Å². The van der Waals surface area contributed by atoms with Gasteiger partial charge in [0, 0.05) is 55.0 Å². The summed E-state index contributed by atoms with van der Waals surface area (Å²) >= 11 is 0. The highest BCUT2D eigenvalue weighted by Gasteiger charge is 2.17. The zero-order valence-corrected chi connectivity index (χ0v) is 17.6. The summed E-state index contributed by atoms with van der Waals surface area (Å²) < 4.78 is 13.4. The summed E-state index contributed by atoms with van der Waals surface area (Å²) in [7, 11) is 4.70. The Morgan fingerprint density at radius 2 is 1.81 bits per heavy atom. The molecule has 4 rings (SSSR count). The monoisotopic (exact) mass is 432 g/mol. The Morgan fingerprint density at radius 3 is 2.53 bits per heavy atom. The van der Waals surface area contributed by atoms with Gasteiger partial charge in [-0.25, -0.2) is 14.5 Å². The minimum atomic E-state index is -1.08. The summed E-state index contributed by atoms with van der Waals surface area (Å²) in [4.78, 5) is 28.2. The van der Waals surface area contributed by atoms with Crippen LogP contribution in [0, 0.1) is 0 Å². The number of hydrogen-bond donors (Lipinski definition) is 1. The predicted molar refractivity (Wildman–Crippen MR) is 118 cm³/mol. The van der Waals surface area contributed by atoms with E-state index < -0.39 is 5.97 Å². The average molecular weight is 432 g/mol. The first-order valence-corrected chi connectivity index (χ1v) is 9.59. The lowest BCUT2D eigenvalue weighted by molar-refractivity contribution is 0.0696. The van der Waals surface area contributed by atoms with Crippen molar-refractivity contribution in [1.29, 1.82) is 0 Å². The molecule has 162 valence electrons. The van der Waals surface area contributed by atoms with E-state index in [1.807, 2.05) is 0 Å². The molecule has 4 aromatic rings. The molecule has 0 unspecified atom stereocenters. The lowest BCUT2D eigenvalue weighted by Gasteiger charge is -2.11. The number of rotatable bonds is 6. The maximum absolute atomic E-state index is 12.4. The fourth-order valence-corrected chi connectivity index (χ4v) is 3.39. The van der Waals surface area contributed by atoms with Crippen LogP contribution in [0.1, 0.15) is 10.4 Å². The lowest BCUT2D eigenvalue weighted by Crippen LogP contribution is -2.15. The van der Waals surface area contributed by atoms with Crippen LogP contribution in [0.4, 0.5) is 0 Å². The molecule has 1 aromatic carbocycles. The van der Waals surface area contributed by atoms with Gasteiger partial charge in [-0.15, -0.1) is 0 Å². The molecule has 0 aliphatic heterocycles. The van der Waals surface area contributed by atoms with E-state index in [0.29, 0.717) is 28.4 Å². The van der Waals surface area contributed by atoms with Crippen molar-refractivity contribution in [2.24, 2.45) is 7.05 Å².